The Kier molecular flexibility index (Phi) is 4.69. The maximum absolute atomic E-state index is 13.7. The van der Waals surface area contributed by atoms with Crippen LogP contribution in [0.4, 0.5) is 14.5 Å². The summed E-state index contributed by atoms with van der Waals surface area (Å²) in [6, 6.07) is 11.3. The topological polar surface area (TPSA) is 29.3 Å². The molecule has 0 spiro atoms. The fraction of sp³-hybridized carbons (Fsp3) is 0.250. The molecule has 0 saturated heterocycles. The minimum Gasteiger partial charge on any atom is -0.399 e. The zero-order valence-electron chi connectivity index (χ0n) is 11.4. The van der Waals surface area contributed by atoms with Crippen LogP contribution in [-0.2, 0) is 13.1 Å². The van der Waals surface area contributed by atoms with E-state index in [0.717, 1.165) is 23.9 Å². The molecule has 0 amide bonds. The summed E-state index contributed by atoms with van der Waals surface area (Å²) in [6.07, 6.45) is 0. The Morgan fingerprint density at radius 3 is 2.30 bits per heavy atom. The van der Waals surface area contributed by atoms with Crippen molar-refractivity contribution in [2.75, 3.05) is 12.3 Å². The van der Waals surface area contributed by atoms with Crippen LogP contribution >= 0.6 is 0 Å². The maximum Gasteiger partial charge on any atom is 0.130 e. The van der Waals surface area contributed by atoms with Gasteiger partial charge >= 0.3 is 0 Å². The van der Waals surface area contributed by atoms with Crippen molar-refractivity contribution in [1.29, 1.82) is 0 Å². The number of nitrogens with two attached hydrogens (primary N) is 1. The van der Waals surface area contributed by atoms with Crippen LogP contribution in [0.3, 0.4) is 0 Å². The second-order valence-corrected chi connectivity index (χ2v) is 4.78. The number of anilines is 1. The predicted molar refractivity (Wildman–Crippen MR) is 77.0 cm³/mol. The standard InChI is InChI=1S/C16H18F2N2/c1-2-20(10-12-3-7-15(19)8-4-12)11-13-5-6-14(17)9-16(13)18/h3-9H,2,10-11,19H2,1H3. The summed E-state index contributed by atoms with van der Waals surface area (Å²) >= 11 is 0. The summed E-state index contributed by atoms with van der Waals surface area (Å²) in [5.74, 6) is -1.05. The van der Waals surface area contributed by atoms with Crippen LogP contribution in [0.2, 0.25) is 0 Å². The lowest BCUT2D eigenvalue weighted by Gasteiger charge is -2.21. The Morgan fingerprint density at radius 1 is 1.00 bits per heavy atom. The number of rotatable bonds is 5. The number of benzene rings is 2. The van der Waals surface area contributed by atoms with Crippen molar-refractivity contribution in [3.63, 3.8) is 0 Å². The van der Waals surface area contributed by atoms with Gasteiger partial charge in [-0.15, -0.1) is 0 Å². The van der Waals surface area contributed by atoms with E-state index in [-0.39, 0.29) is 0 Å². The van der Waals surface area contributed by atoms with E-state index in [1.54, 1.807) is 0 Å². The van der Waals surface area contributed by atoms with Crippen molar-refractivity contribution in [2.45, 2.75) is 20.0 Å². The Morgan fingerprint density at radius 2 is 1.70 bits per heavy atom. The molecule has 0 heterocycles. The third kappa shape index (κ3) is 3.78. The monoisotopic (exact) mass is 276 g/mol. The first kappa shape index (κ1) is 14.5. The van der Waals surface area contributed by atoms with Crippen LogP contribution in [0.1, 0.15) is 18.1 Å². The molecule has 0 aromatic heterocycles. The molecule has 0 aliphatic rings. The number of hydrogen-bond acceptors (Lipinski definition) is 2. The smallest absolute Gasteiger partial charge is 0.130 e. The van der Waals surface area contributed by atoms with E-state index in [2.05, 4.69) is 4.90 Å². The summed E-state index contributed by atoms with van der Waals surface area (Å²) in [6.45, 7) is 3.94. The number of halogens is 2. The summed E-state index contributed by atoms with van der Waals surface area (Å²) in [5, 5.41) is 0. The van der Waals surface area contributed by atoms with Crippen molar-refractivity contribution in [3.05, 3.63) is 65.2 Å². The summed E-state index contributed by atoms with van der Waals surface area (Å²) in [4.78, 5) is 2.09. The molecule has 0 unspecified atom stereocenters. The molecule has 2 aromatic rings. The van der Waals surface area contributed by atoms with E-state index in [9.17, 15) is 8.78 Å². The van der Waals surface area contributed by atoms with Gasteiger partial charge in [0.05, 0.1) is 0 Å². The highest BCUT2D eigenvalue weighted by Gasteiger charge is 2.09. The molecule has 0 bridgehead atoms. The fourth-order valence-electron chi connectivity index (χ4n) is 2.05. The zero-order chi connectivity index (χ0) is 14.5. The highest BCUT2D eigenvalue weighted by atomic mass is 19.1. The molecule has 106 valence electrons. The first-order chi connectivity index (χ1) is 9.58. The number of nitrogens with zero attached hydrogens (tertiary/aromatic N) is 1. The second-order valence-electron chi connectivity index (χ2n) is 4.78. The highest BCUT2D eigenvalue weighted by Crippen LogP contribution is 2.15. The maximum atomic E-state index is 13.7. The SMILES string of the molecule is CCN(Cc1ccc(N)cc1)Cc1ccc(F)cc1F. The Bertz CT molecular complexity index is 567. The first-order valence-electron chi connectivity index (χ1n) is 6.59. The molecular formula is C16H18F2N2. The molecule has 2 aromatic carbocycles. The van der Waals surface area contributed by atoms with Gasteiger partial charge in [0.15, 0.2) is 0 Å². The predicted octanol–water partition coefficient (Wildman–Crippen LogP) is 3.57. The average molecular weight is 276 g/mol. The third-order valence-electron chi connectivity index (χ3n) is 3.24. The van der Waals surface area contributed by atoms with Gasteiger partial charge in [-0.2, -0.15) is 0 Å². The minimum absolute atomic E-state index is 0.451. The van der Waals surface area contributed by atoms with Gasteiger partial charge in [-0.05, 0) is 30.3 Å². The molecule has 0 fully saturated rings. The lowest BCUT2D eigenvalue weighted by atomic mass is 10.1. The van der Waals surface area contributed by atoms with Gasteiger partial charge < -0.3 is 5.73 Å². The van der Waals surface area contributed by atoms with E-state index in [1.807, 2.05) is 31.2 Å². The second kappa shape index (κ2) is 6.48. The lowest BCUT2D eigenvalue weighted by molar-refractivity contribution is 0.267. The summed E-state index contributed by atoms with van der Waals surface area (Å²) < 4.78 is 26.5. The normalized spacial score (nSPS) is 11.0. The molecule has 0 atom stereocenters. The molecule has 0 aliphatic carbocycles. The summed E-state index contributed by atoms with van der Waals surface area (Å²) in [7, 11) is 0. The van der Waals surface area contributed by atoms with Crippen LogP contribution in [0.15, 0.2) is 42.5 Å². The lowest BCUT2D eigenvalue weighted by Crippen LogP contribution is -2.22. The van der Waals surface area contributed by atoms with Gasteiger partial charge in [0.25, 0.3) is 0 Å². The Hall–Kier alpha value is -1.94. The Balaban J connectivity index is 2.07. The molecule has 2 rings (SSSR count). The fourth-order valence-corrected chi connectivity index (χ4v) is 2.05. The largest absolute Gasteiger partial charge is 0.399 e. The Labute approximate surface area is 117 Å². The van der Waals surface area contributed by atoms with Crippen LogP contribution in [0, 0.1) is 11.6 Å². The van der Waals surface area contributed by atoms with Crippen molar-refractivity contribution < 1.29 is 8.78 Å². The van der Waals surface area contributed by atoms with E-state index in [0.29, 0.717) is 18.7 Å². The van der Waals surface area contributed by atoms with E-state index >= 15 is 0 Å². The minimum atomic E-state index is -0.548. The van der Waals surface area contributed by atoms with Gasteiger partial charge in [-0.1, -0.05) is 25.1 Å². The highest BCUT2D eigenvalue weighted by molar-refractivity contribution is 5.39. The molecule has 0 aliphatic heterocycles. The van der Waals surface area contributed by atoms with E-state index in [4.69, 9.17) is 5.73 Å². The molecule has 2 N–H and O–H groups in total. The number of nitrogen functional groups attached to an aromatic ring is 1. The van der Waals surface area contributed by atoms with Crippen LogP contribution in [0.25, 0.3) is 0 Å². The van der Waals surface area contributed by atoms with Gasteiger partial charge in [-0.3, -0.25) is 4.90 Å². The number of hydrogen-bond donors (Lipinski definition) is 1. The average Bonchev–Trinajstić information content (AvgIpc) is 2.43. The molecular weight excluding hydrogens is 258 g/mol. The quantitative estimate of drug-likeness (QED) is 0.846. The van der Waals surface area contributed by atoms with Gasteiger partial charge in [0, 0.05) is 30.4 Å². The molecule has 20 heavy (non-hydrogen) atoms. The molecule has 4 heteroatoms. The van der Waals surface area contributed by atoms with Crippen LogP contribution in [0.5, 0.6) is 0 Å². The van der Waals surface area contributed by atoms with Crippen LogP contribution in [-0.4, -0.2) is 11.4 Å². The van der Waals surface area contributed by atoms with Crippen molar-refractivity contribution >= 4 is 5.69 Å². The van der Waals surface area contributed by atoms with Crippen molar-refractivity contribution in [2.24, 2.45) is 0 Å². The van der Waals surface area contributed by atoms with Crippen LogP contribution < -0.4 is 5.73 Å². The van der Waals surface area contributed by atoms with Gasteiger partial charge in [0.2, 0.25) is 0 Å². The van der Waals surface area contributed by atoms with Crippen molar-refractivity contribution in [1.82, 2.24) is 4.90 Å². The first-order valence-corrected chi connectivity index (χ1v) is 6.59. The third-order valence-corrected chi connectivity index (χ3v) is 3.24. The van der Waals surface area contributed by atoms with E-state index in [1.165, 1.54) is 12.1 Å². The van der Waals surface area contributed by atoms with Gasteiger partial charge in [-0.25, -0.2) is 8.78 Å². The molecule has 0 radical (unpaired) electrons. The molecule has 0 saturated carbocycles. The van der Waals surface area contributed by atoms with Gasteiger partial charge in [0.1, 0.15) is 11.6 Å². The van der Waals surface area contributed by atoms with E-state index < -0.39 is 11.6 Å². The van der Waals surface area contributed by atoms with Crippen molar-refractivity contribution in [3.8, 4) is 0 Å². The molecule has 2 nitrogen and oxygen atoms in total. The summed E-state index contributed by atoms with van der Waals surface area (Å²) in [5.41, 5.74) is 7.99. The zero-order valence-corrected chi connectivity index (χ0v) is 11.4.